The second-order valence-electron chi connectivity index (χ2n) is 7.81. The average molecular weight is 281 g/mol. The standard InChI is InChI=1S/C16H27NO3/c1-14(2,3)20-13(19)17-12-7-6-9-16(17,10-8-12)15(4,5)11-18/h11-12H,6-10H2,1-5H3. The quantitative estimate of drug-likeness (QED) is 0.727. The molecule has 2 unspecified atom stereocenters. The van der Waals surface area contributed by atoms with Crippen LogP contribution in [0.5, 0.6) is 0 Å². The van der Waals surface area contributed by atoms with E-state index < -0.39 is 11.0 Å². The van der Waals surface area contributed by atoms with Gasteiger partial charge in [-0.05, 0) is 52.9 Å². The van der Waals surface area contributed by atoms with Crippen LogP contribution in [-0.2, 0) is 9.53 Å². The number of amides is 1. The molecule has 2 fully saturated rings. The smallest absolute Gasteiger partial charge is 0.411 e. The lowest BCUT2D eigenvalue weighted by Crippen LogP contribution is -2.61. The maximum atomic E-state index is 12.6. The molecule has 1 amide bonds. The molecule has 0 aromatic carbocycles. The van der Waals surface area contributed by atoms with E-state index in [1.807, 2.05) is 39.5 Å². The minimum Gasteiger partial charge on any atom is -0.444 e. The van der Waals surface area contributed by atoms with Gasteiger partial charge in [-0.3, -0.25) is 4.90 Å². The molecule has 0 aliphatic carbocycles. The lowest BCUT2D eigenvalue weighted by atomic mass is 9.68. The third-order valence-corrected chi connectivity index (χ3v) is 4.93. The first kappa shape index (κ1) is 15.3. The molecule has 2 aliphatic rings. The van der Waals surface area contributed by atoms with Gasteiger partial charge in [-0.15, -0.1) is 0 Å². The molecule has 114 valence electrons. The number of piperidine rings is 1. The fraction of sp³-hybridized carbons (Fsp3) is 0.875. The van der Waals surface area contributed by atoms with E-state index >= 15 is 0 Å². The van der Waals surface area contributed by atoms with Crippen molar-refractivity contribution in [1.82, 2.24) is 4.90 Å². The highest BCUT2D eigenvalue weighted by Crippen LogP contribution is 2.53. The highest BCUT2D eigenvalue weighted by Gasteiger charge is 2.59. The summed E-state index contributed by atoms with van der Waals surface area (Å²) in [7, 11) is 0. The van der Waals surface area contributed by atoms with Crippen LogP contribution in [0, 0.1) is 5.41 Å². The third kappa shape index (κ3) is 2.33. The van der Waals surface area contributed by atoms with Crippen molar-refractivity contribution in [3.63, 3.8) is 0 Å². The summed E-state index contributed by atoms with van der Waals surface area (Å²) in [6.45, 7) is 9.55. The van der Waals surface area contributed by atoms with Crippen molar-refractivity contribution >= 4 is 12.4 Å². The van der Waals surface area contributed by atoms with Gasteiger partial charge in [-0.2, -0.15) is 0 Å². The van der Waals surface area contributed by atoms with Gasteiger partial charge in [-0.1, -0.05) is 13.8 Å². The number of hydrogen-bond acceptors (Lipinski definition) is 3. The van der Waals surface area contributed by atoms with E-state index in [1.165, 1.54) is 0 Å². The van der Waals surface area contributed by atoms with Gasteiger partial charge in [-0.25, -0.2) is 4.79 Å². The van der Waals surface area contributed by atoms with Crippen molar-refractivity contribution < 1.29 is 14.3 Å². The lowest BCUT2D eigenvalue weighted by Gasteiger charge is -2.51. The van der Waals surface area contributed by atoms with Crippen molar-refractivity contribution in [1.29, 1.82) is 0 Å². The summed E-state index contributed by atoms with van der Waals surface area (Å²) < 4.78 is 5.59. The molecule has 0 aromatic heterocycles. The van der Waals surface area contributed by atoms with Crippen LogP contribution in [0.4, 0.5) is 4.79 Å². The van der Waals surface area contributed by atoms with Crippen LogP contribution in [0.15, 0.2) is 0 Å². The molecule has 0 N–H and O–H groups in total. The molecule has 20 heavy (non-hydrogen) atoms. The highest BCUT2D eigenvalue weighted by molar-refractivity contribution is 5.73. The van der Waals surface area contributed by atoms with Gasteiger partial charge in [0.05, 0.1) is 5.54 Å². The van der Waals surface area contributed by atoms with Crippen LogP contribution in [-0.4, -0.2) is 34.5 Å². The predicted octanol–water partition coefficient (Wildman–Crippen LogP) is 3.53. The normalized spacial score (nSPS) is 30.2. The van der Waals surface area contributed by atoms with Crippen LogP contribution in [0.25, 0.3) is 0 Å². The van der Waals surface area contributed by atoms with E-state index in [2.05, 4.69) is 0 Å². The van der Waals surface area contributed by atoms with Crippen molar-refractivity contribution in [3.05, 3.63) is 0 Å². The van der Waals surface area contributed by atoms with Crippen LogP contribution in [0.2, 0.25) is 0 Å². The summed E-state index contributed by atoms with van der Waals surface area (Å²) in [5.74, 6) is 0. The second-order valence-corrected chi connectivity index (χ2v) is 7.81. The van der Waals surface area contributed by atoms with E-state index in [1.54, 1.807) is 0 Å². The molecule has 0 aromatic rings. The molecule has 2 heterocycles. The molecular weight excluding hydrogens is 254 g/mol. The SMILES string of the molecule is CC(C)(C)OC(=O)N1C2CCCC1(C(C)(C)C=O)CC2. The molecule has 2 atom stereocenters. The van der Waals surface area contributed by atoms with Gasteiger partial charge in [0.15, 0.2) is 0 Å². The van der Waals surface area contributed by atoms with Gasteiger partial charge in [0.25, 0.3) is 0 Å². The number of fused-ring (bicyclic) bond motifs is 2. The zero-order valence-corrected chi connectivity index (χ0v) is 13.4. The Morgan fingerprint density at radius 2 is 1.85 bits per heavy atom. The summed E-state index contributed by atoms with van der Waals surface area (Å²) in [4.78, 5) is 26.1. The third-order valence-electron chi connectivity index (χ3n) is 4.93. The maximum absolute atomic E-state index is 12.6. The zero-order chi connectivity index (χ0) is 15.2. The van der Waals surface area contributed by atoms with Crippen LogP contribution in [0.1, 0.15) is 66.7 Å². The van der Waals surface area contributed by atoms with Gasteiger partial charge < -0.3 is 9.53 Å². The van der Waals surface area contributed by atoms with E-state index in [-0.39, 0.29) is 17.7 Å². The molecule has 0 spiro atoms. The van der Waals surface area contributed by atoms with Gasteiger partial charge in [0.2, 0.25) is 0 Å². The summed E-state index contributed by atoms with van der Waals surface area (Å²) in [6, 6.07) is 0.234. The Bertz CT molecular complexity index is 406. The van der Waals surface area contributed by atoms with E-state index in [0.29, 0.717) is 0 Å². The van der Waals surface area contributed by atoms with Gasteiger partial charge >= 0.3 is 6.09 Å². The van der Waals surface area contributed by atoms with Crippen molar-refractivity contribution in [2.45, 2.75) is 83.9 Å². The molecule has 0 saturated carbocycles. The number of ether oxygens (including phenoxy) is 1. The van der Waals surface area contributed by atoms with E-state index in [9.17, 15) is 9.59 Å². The Kier molecular flexibility index (Phi) is 3.64. The topological polar surface area (TPSA) is 46.6 Å². The molecular formula is C16H27NO3. The number of nitrogens with zero attached hydrogens (tertiary/aromatic N) is 1. The Labute approximate surface area is 121 Å². The molecule has 4 heteroatoms. The first-order valence-electron chi connectivity index (χ1n) is 7.62. The van der Waals surface area contributed by atoms with Crippen molar-refractivity contribution in [2.75, 3.05) is 0 Å². The Morgan fingerprint density at radius 3 is 2.40 bits per heavy atom. The molecule has 2 bridgehead atoms. The average Bonchev–Trinajstić information content (AvgIpc) is 2.56. The van der Waals surface area contributed by atoms with E-state index in [0.717, 1.165) is 38.4 Å². The summed E-state index contributed by atoms with van der Waals surface area (Å²) in [6.07, 6.45) is 5.65. The number of carbonyl (C=O) groups excluding carboxylic acids is 2. The monoisotopic (exact) mass is 281 g/mol. The first-order valence-corrected chi connectivity index (χ1v) is 7.62. The minimum atomic E-state index is -0.529. The number of rotatable bonds is 2. The molecule has 4 nitrogen and oxygen atoms in total. The fourth-order valence-corrected chi connectivity index (χ4v) is 3.85. The van der Waals surface area contributed by atoms with Gasteiger partial charge in [0.1, 0.15) is 11.9 Å². The summed E-state index contributed by atoms with van der Waals surface area (Å²) in [5.41, 5.74) is -1.39. The first-order chi connectivity index (χ1) is 9.13. The largest absolute Gasteiger partial charge is 0.444 e. The van der Waals surface area contributed by atoms with Crippen LogP contribution in [0.3, 0.4) is 0 Å². The maximum Gasteiger partial charge on any atom is 0.411 e. The zero-order valence-electron chi connectivity index (χ0n) is 13.4. The van der Waals surface area contributed by atoms with E-state index in [4.69, 9.17) is 4.74 Å². The lowest BCUT2D eigenvalue weighted by molar-refractivity contribution is -0.124. The van der Waals surface area contributed by atoms with Crippen LogP contribution < -0.4 is 0 Å². The number of carbonyl (C=O) groups is 2. The molecule has 2 aliphatic heterocycles. The molecule has 2 saturated heterocycles. The predicted molar refractivity (Wildman–Crippen MR) is 77.5 cm³/mol. The van der Waals surface area contributed by atoms with Crippen molar-refractivity contribution in [2.24, 2.45) is 5.41 Å². The molecule has 0 radical (unpaired) electrons. The number of hydrogen-bond donors (Lipinski definition) is 0. The highest BCUT2D eigenvalue weighted by atomic mass is 16.6. The minimum absolute atomic E-state index is 0.234. The summed E-state index contributed by atoms with van der Waals surface area (Å²) >= 11 is 0. The second kappa shape index (κ2) is 4.74. The Balaban J connectivity index is 2.34. The number of aldehydes is 1. The molecule has 2 rings (SSSR count). The van der Waals surface area contributed by atoms with Gasteiger partial charge in [0, 0.05) is 11.5 Å². The Hall–Kier alpha value is -1.06. The van der Waals surface area contributed by atoms with Crippen molar-refractivity contribution in [3.8, 4) is 0 Å². The summed E-state index contributed by atoms with van der Waals surface area (Å²) in [5, 5.41) is 0. The fourth-order valence-electron chi connectivity index (χ4n) is 3.85. The van der Waals surface area contributed by atoms with Crippen LogP contribution >= 0.6 is 0 Å². The Morgan fingerprint density at radius 1 is 1.20 bits per heavy atom.